The van der Waals surface area contributed by atoms with Gasteiger partial charge in [-0.2, -0.15) is 0 Å². The van der Waals surface area contributed by atoms with Crippen molar-refractivity contribution < 1.29 is 19.1 Å². The van der Waals surface area contributed by atoms with Gasteiger partial charge in [-0.1, -0.05) is 30.3 Å². The first-order valence-electron chi connectivity index (χ1n) is 12.9. The molecule has 3 aliphatic rings. The summed E-state index contributed by atoms with van der Waals surface area (Å²) in [6.07, 6.45) is 3.00. The minimum atomic E-state index is -0.474. The molecule has 2 fully saturated rings. The molecule has 7 nitrogen and oxygen atoms in total. The van der Waals surface area contributed by atoms with Gasteiger partial charge in [-0.15, -0.1) is 0 Å². The van der Waals surface area contributed by atoms with Gasteiger partial charge < -0.3 is 15.0 Å². The largest absolute Gasteiger partial charge is 0.379 e. The molecule has 8 heteroatoms. The van der Waals surface area contributed by atoms with Gasteiger partial charge in [0, 0.05) is 54.4 Å². The number of nitrogens with zero attached hydrogens (tertiary/aromatic N) is 2. The molecule has 1 unspecified atom stereocenters. The standard InChI is InChI=1S/C29H32ClN3O4/c1-19-2-8-26(28(35)31-19)33-18-23-16-20(3-6-24(23)29(33)36)4-9-27(34)22-5-7-25(30)21(17-22)10-11-32-12-14-37-15-13-32/h3,5-7,16-17,26H,1-2,4,8-15,18H2,(H,31,35). The maximum Gasteiger partial charge on any atom is 0.255 e. The summed E-state index contributed by atoms with van der Waals surface area (Å²) in [5, 5.41) is 3.45. The molecular formula is C29H32ClN3O4. The van der Waals surface area contributed by atoms with Crippen molar-refractivity contribution >= 4 is 29.2 Å². The normalized spacial score (nSPS) is 20.2. The highest BCUT2D eigenvalue weighted by Gasteiger charge is 2.38. The van der Waals surface area contributed by atoms with E-state index in [0.29, 0.717) is 54.1 Å². The second-order valence-electron chi connectivity index (χ2n) is 10.0. The molecule has 2 aromatic carbocycles. The van der Waals surface area contributed by atoms with Crippen LogP contribution in [-0.2, 0) is 28.9 Å². The lowest BCUT2D eigenvalue weighted by atomic mass is 9.98. The van der Waals surface area contributed by atoms with Crippen LogP contribution in [0.3, 0.4) is 0 Å². The van der Waals surface area contributed by atoms with E-state index in [0.717, 1.165) is 56.0 Å². The topological polar surface area (TPSA) is 79.0 Å². The number of morpholine rings is 1. The van der Waals surface area contributed by atoms with Crippen molar-refractivity contribution in [2.24, 2.45) is 0 Å². The number of ether oxygens (including phenoxy) is 1. The second kappa shape index (κ2) is 11.2. The zero-order valence-electron chi connectivity index (χ0n) is 20.9. The zero-order valence-corrected chi connectivity index (χ0v) is 21.7. The molecule has 0 aromatic heterocycles. The number of halogens is 1. The van der Waals surface area contributed by atoms with E-state index >= 15 is 0 Å². The molecule has 0 bridgehead atoms. The maximum atomic E-state index is 13.0. The molecule has 1 N–H and O–H groups in total. The van der Waals surface area contributed by atoms with Gasteiger partial charge in [0.15, 0.2) is 5.78 Å². The van der Waals surface area contributed by atoms with Gasteiger partial charge in [-0.25, -0.2) is 0 Å². The number of ketones is 1. The first kappa shape index (κ1) is 25.6. The van der Waals surface area contributed by atoms with Crippen molar-refractivity contribution in [2.75, 3.05) is 32.8 Å². The predicted octanol–water partition coefficient (Wildman–Crippen LogP) is 3.78. The van der Waals surface area contributed by atoms with Gasteiger partial charge in [0.1, 0.15) is 6.04 Å². The summed E-state index contributed by atoms with van der Waals surface area (Å²) in [4.78, 5) is 42.4. The fourth-order valence-electron chi connectivity index (χ4n) is 5.31. The molecule has 2 aromatic rings. The maximum absolute atomic E-state index is 13.0. The molecule has 2 amide bonds. The molecule has 0 spiro atoms. The smallest absolute Gasteiger partial charge is 0.255 e. The molecule has 0 radical (unpaired) electrons. The number of allylic oxidation sites excluding steroid dienone is 1. The number of hydrogen-bond donors (Lipinski definition) is 1. The summed E-state index contributed by atoms with van der Waals surface area (Å²) in [7, 11) is 0. The quantitative estimate of drug-likeness (QED) is 0.535. The third-order valence-electron chi connectivity index (χ3n) is 7.51. The number of aryl methyl sites for hydroxylation is 1. The molecule has 5 rings (SSSR count). The van der Waals surface area contributed by atoms with Crippen LogP contribution < -0.4 is 5.32 Å². The Kier molecular flexibility index (Phi) is 7.74. The number of carbonyl (C=O) groups is 3. The summed E-state index contributed by atoms with van der Waals surface area (Å²) in [6.45, 7) is 8.47. The van der Waals surface area contributed by atoms with E-state index in [1.165, 1.54) is 0 Å². The van der Waals surface area contributed by atoms with Crippen LogP contribution in [0.1, 0.15) is 56.7 Å². The summed E-state index contributed by atoms with van der Waals surface area (Å²) >= 11 is 6.43. The fourth-order valence-corrected chi connectivity index (χ4v) is 5.52. The first-order chi connectivity index (χ1) is 17.9. The molecule has 3 heterocycles. The molecule has 0 saturated carbocycles. The highest BCUT2D eigenvalue weighted by molar-refractivity contribution is 6.31. The number of piperidine rings is 1. The number of hydrogen-bond acceptors (Lipinski definition) is 5. The van der Waals surface area contributed by atoms with Gasteiger partial charge in [0.25, 0.3) is 5.91 Å². The molecule has 194 valence electrons. The average molecular weight is 522 g/mol. The number of nitrogens with one attached hydrogen (secondary N) is 1. The fraction of sp³-hybridized carbons (Fsp3) is 0.414. The summed E-state index contributed by atoms with van der Waals surface area (Å²) in [5.74, 6) is -0.215. The van der Waals surface area contributed by atoms with Gasteiger partial charge >= 0.3 is 0 Å². The third kappa shape index (κ3) is 5.79. The Morgan fingerprint density at radius 1 is 1.11 bits per heavy atom. The van der Waals surface area contributed by atoms with Crippen LogP contribution in [0.5, 0.6) is 0 Å². The minimum absolute atomic E-state index is 0.0709. The van der Waals surface area contributed by atoms with Crippen LogP contribution in [0.25, 0.3) is 0 Å². The number of rotatable bonds is 8. The first-order valence-corrected chi connectivity index (χ1v) is 13.3. The summed E-state index contributed by atoms with van der Waals surface area (Å²) in [5.41, 5.74) is 4.91. The average Bonchev–Trinajstić information content (AvgIpc) is 3.22. The highest BCUT2D eigenvalue weighted by Crippen LogP contribution is 2.29. The van der Waals surface area contributed by atoms with Crippen LogP contribution in [0.4, 0.5) is 0 Å². The second-order valence-corrected chi connectivity index (χ2v) is 10.4. The van der Waals surface area contributed by atoms with E-state index in [2.05, 4.69) is 16.8 Å². The Bertz CT molecular complexity index is 1240. The van der Waals surface area contributed by atoms with Crippen LogP contribution in [-0.4, -0.2) is 66.3 Å². The van der Waals surface area contributed by atoms with Crippen molar-refractivity contribution in [1.82, 2.24) is 15.1 Å². The molecule has 2 saturated heterocycles. The van der Waals surface area contributed by atoms with Gasteiger partial charge in [0.05, 0.1) is 13.2 Å². The lowest BCUT2D eigenvalue weighted by molar-refractivity contribution is -0.126. The van der Waals surface area contributed by atoms with Crippen molar-refractivity contribution in [3.05, 3.63) is 81.5 Å². The lowest BCUT2D eigenvalue weighted by Gasteiger charge is -2.30. The van der Waals surface area contributed by atoms with Gasteiger partial charge in [-0.05, 0) is 66.6 Å². The highest BCUT2D eigenvalue weighted by atomic mass is 35.5. The molecular weight excluding hydrogens is 490 g/mol. The van der Waals surface area contributed by atoms with E-state index < -0.39 is 6.04 Å². The Hall–Kier alpha value is -3.00. The molecule has 37 heavy (non-hydrogen) atoms. The van der Waals surface area contributed by atoms with Crippen molar-refractivity contribution in [1.29, 1.82) is 0 Å². The molecule has 1 atom stereocenters. The van der Waals surface area contributed by atoms with Crippen molar-refractivity contribution in [2.45, 2.75) is 44.7 Å². The van der Waals surface area contributed by atoms with Crippen molar-refractivity contribution in [3.8, 4) is 0 Å². The number of Topliss-reactive ketones (excluding diaryl/α,β-unsaturated/α-hetero) is 1. The minimum Gasteiger partial charge on any atom is -0.379 e. The van der Waals surface area contributed by atoms with Gasteiger partial charge in [-0.3, -0.25) is 19.3 Å². The predicted molar refractivity (Wildman–Crippen MR) is 142 cm³/mol. The van der Waals surface area contributed by atoms with E-state index in [4.69, 9.17) is 16.3 Å². The van der Waals surface area contributed by atoms with Crippen molar-refractivity contribution in [3.63, 3.8) is 0 Å². The number of fused-ring (bicyclic) bond motifs is 1. The Morgan fingerprint density at radius 3 is 2.70 bits per heavy atom. The summed E-state index contributed by atoms with van der Waals surface area (Å²) in [6, 6.07) is 10.8. The van der Waals surface area contributed by atoms with Crippen LogP contribution in [0.2, 0.25) is 5.02 Å². The van der Waals surface area contributed by atoms with Gasteiger partial charge in [0.2, 0.25) is 5.91 Å². The third-order valence-corrected chi connectivity index (χ3v) is 7.88. The Labute approximate surface area is 222 Å². The summed E-state index contributed by atoms with van der Waals surface area (Å²) < 4.78 is 5.41. The van der Waals surface area contributed by atoms with E-state index in [1.54, 1.807) is 11.0 Å². The Balaban J connectivity index is 1.19. The monoisotopic (exact) mass is 521 g/mol. The Morgan fingerprint density at radius 2 is 1.92 bits per heavy atom. The molecule has 0 aliphatic carbocycles. The number of amides is 2. The number of carbonyl (C=O) groups excluding carboxylic acids is 3. The van der Waals surface area contributed by atoms with E-state index in [1.807, 2.05) is 30.3 Å². The van der Waals surface area contributed by atoms with E-state index in [9.17, 15) is 14.4 Å². The lowest BCUT2D eigenvalue weighted by Crippen LogP contribution is -2.49. The zero-order chi connectivity index (χ0) is 25.9. The van der Waals surface area contributed by atoms with E-state index in [-0.39, 0.29) is 17.6 Å². The molecule has 3 aliphatic heterocycles. The van der Waals surface area contributed by atoms with Crippen LogP contribution in [0.15, 0.2) is 48.7 Å². The number of benzene rings is 2. The van der Waals surface area contributed by atoms with Crippen LogP contribution in [0, 0.1) is 0 Å². The SMILES string of the molecule is C=C1CCC(N2Cc3cc(CCC(=O)c4ccc(Cl)c(CCN5CCOCC5)c4)ccc3C2=O)C(=O)N1. The van der Waals surface area contributed by atoms with Crippen LogP contribution >= 0.6 is 11.6 Å².